The molecule has 2 atom stereocenters. The van der Waals surface area contributed by atoms with Crippen LogP contribution in [0, 0.1) is 11.7 Å². The van der Waals surface area contributed by atoms with E-state index in [0.717, 1.165) is 12.0 Å². The van der Waals surface area contributed by atoms with E-state index in [-0.39, 0.29) is 5.82 Å². The summed E-state index contributed by atoms with van der Waals surface area (Å²) in [6, 6.07) is 6.81. The summed E-state index contributed by atoms with van der Waals surface area (Å²) in [4.78, 5) is 0.468. The molecule has 2 unspecified atom stereocenters. The van der Waals surface area contributed by atoms with Crippen LogP contribution in [0.15, 0.2) is 24.3 Å². The molecule has 0 bridgehead atoms. The first-order chi connectivity index (χ1) is 6.09. The zero-order chi connectivity index (χ0) is 9.84. The highest BCUT2D eigenvalue weighted by Gasteiger charge is 2.09. The van der Waals surface area contributed by atoms with Crippen LogP contribution < -0.4 is 0 Å². The van der Waals surface area contributed by atoms with Crippen LogP contribution in [0.25, 0.3) is 0 Å². The molecule has 0 aromatic heterocycles. The van der Waals surface area contributed by atoms with Gasteiger partial charge < -0.3 is 0 Å². The molecule has 1 rings (SSSR count). The molecule has 0 saturated heterocycles. The van der Waals surface area contributed by atoms with Crippen molar-refractivity contribution >= 4 is 15.9 Å². The molecule has 2 heteroatoms. The van der Waals surface area contributed by atoms with Crippen LogP contribution in [0.3, 0.4) is 0 Å². The van der Waals surface area contributed by atoms with Crippen molar-refractivity contribution in [3.8, 4) is 0 Å². The average Bonchev–Trinajstić information content (AvgIpc) is 2.04. The van der Waals surface area contributed by atoms with E-state index in [1.807, 2.05) is 6.07 Å². The third-order valence-electron chi connectivity index (χ3n) is 2.23. The molecule has 0 saturated carbocycles. The van der Waals surface area contributed by atoms with Crippen LogP contribution in [-0.4, -0.2) is 4.83 Å². The third-order valence-corrected chi connectivity index (χ3v) is 3.13. The first-order valence-electron chi connectivity index (χ1n) is 4.48. The van der Waals surface area contributed by atoms with E-state index in [1.165, 1.54) is 6.07 Å². The van der Waals surface area contributed by atoms with Crippen molar-refractivity contribution in [2.75, 3.05) is 0 Å². The molecule has 0 aliphatic rings. The Labute approximate surface area is 87.3 Å². The number of alkyl halides is 1. The van der Waals surface area contributed by atoms with Gasteiger partial charge in [0.25, 0.3) is 0 Å². The van der Waals surface area contributed by atoms with Gasteiger partial charge in [-0.05, 0) is 30.0 Å². The van der Waals surface area contributed by atoms with Crippen molar-refractivity contribution in [1.82, 2.24) is 0 Å². The number of hydrogen-bond donors (Lipinski definition) is 0. The molecular formula is C11H14BrF. The Morgan fingerprint density at radius 3 is 2.62 bits per heavy atom. The minimum absolute atomic E-state index is 0.146. The van der Waals surface area contributed by atoms with Gasteiger partial charge in [0.05, 0.1) is 0 Å². The summed E-state index contributed by atoms with van der Waals surface area (Å²) >= 11 is 3.52. The first-order valence-corrected chi connectivity index (χ1v) is 5.39. The van der Waals surface area contributed by atoms with Gasteiger partial charge in [-0.2, -0.15) is 0 Å². The quantitative estimate of drug-likeness (QED) is 0.711. The van der Waals surface area contributed by atoms with Gasteiger partial charge in [0.15, 0.2) is 0 Å². The highest BCUT2D eigenvalue weighted by Crippen LogP contribution is 2.17. The van der Waals surface area contributed by atoms with Gasteiger partial charge in [-0.1, -0.05) is 41.9 Å². The standard InChI is InChI=1S/C11H14BrF/c1-8(9(2)12)6-10-4-3-5-11(13)7-10/h3-5,7-9H,6H2,1-2H3. The highest BCUT2D eigenvalue weighted by atomic mass is 79.9. The number of benzene rings is 1. The number of halogens is 2. The highest BCUT2D eigenvalue weighted by molar-refractivity contribution is 9.09. The van der Waals surface area contributed by atoms with E-state index in [9.17, 15) is 4.39 Å². The summed E-state index contributed by atoms with van der Waals surface area (Å²) in [5, 5.41) is 0. The summed E-state index contributed by atoms with van der Waals surface area (Å²) in [7, 11) is 0. The number of hydrogen-bond acceptors (Lipinski definition) is 0. The molecule has 0 amide bonds. The second-order valence-corrected chi connectivity index (χ2v) is 4.93. The Morgan fingerprint density at radius 2 is 2.08 bits per heavy atom. The SMILES string of the molecule is CC(Br)C(C)Cc1cccc(F)c1. The topological polar surface area (TPSA) is 0 Å². The molecule has 13 heavy (non-hydrogen) atoms. The minimum atomic E-state index is -0.146. The molecule has 0 radical (unpaired) electrons. The van der Waals surface area contributed by atoms with Crippen LogP contribution in [0.4, 0.5) is 4.39 Å². The van der Waals surface area contributed by atoms with Crippen molar-refractivity contribution in [1.29, 1.82) is 0 Å². The Kier molecular flexibility index (Phi) is 3.91. The van der Waals surface area contributed by atoms with Crippen LogP contribution in [-0.2, 0) is 6.42 Å². The molecule has 0 aliphatic heterocycles. The Balaban J connectivity index is 2.64. The normalized spacial score (nSPS) is 15.4. The lowest BCUT2D eigenvalue weighted by Gasteiger charge is -2.13. The van der Waals surface area contributed by atoms with Gasteiger partial charge in [0.1, 0.15) is 5.82 Å². The minimum Gasteiger partial charge on any atom is -0.207 e. The van der Waals surface area contributed by atoms with Gasteiger partial charge in [-0.25, -0.2) is 4.39 Å². The smallest absolute Gasteiger partial charge is 0.123 e. The van der Waals surface area contributed by atoms with Crippen LogP contribution in [0.2, 0.25) is 0 Å². The second kappa shape index (κ2) is 4.75. The van der Waals surface area contributed by atoms with Crippen molar-refractivity contribution in [2.24, 2.45) is 5.92 Å². The fourth-order valence-electron chi connectivity index (χ4n) is 1.20. The third kappa shape index (κ3) is 3.47. The Hall–Kier alpha value is -0.370. The molecule has 0 heterocycles. The van der Waals surface area contributed by atoms with Crippen LogP contribution in [0.5, 0.6) is 0 Å². The zero-order valence-electron chi connectivity index (χ0n) is 7.93. The van der Waals surface area contributed by atoms with E-state index < -0.39 is 0 Å². The molecule has 1 aromatic rings. The maximum absolute atomic E-state index is 12.8. The Morgan fingerprint density at radius 1 is 1.38 bits per heavy atom. The maximum atomic E-state index is 12.8. The second-order valence-electron chi connectivity index (χ2n) is 3.49. The number of rotatable bonds is 3. The van der Waals surface area contributed by atoms with Gasteiger partial charge >= 0.3 is 0 Å². The monoisotopic (exact) mass is 244 g/mol. The van der Waals surface area contributed by atoms with Crippen molar-refractivity contribution in [3.63, 3.8) is 0 Å². The summed E-state index contributed by atoms with van der Waals surface area (Å²) in [5.74, 6) is 0.383. The molecule has 0 nitrogen and oxygen atoms in total. The predicted octanol–water partition coefficient (Wildman–Crippen LogP) is 3.79. The summed E-state index contributed by atoms with van der Waals surface area (Å²) < 4.78 is 12.8. The van der Waals surface area contributed by atoms with Crippen molar-refractivity contribution < 1.29 is 4.39 Å². The van der Waals surface area contributed by atoms with Crippen molar-refractivity contribution in [3.05, 3.63) is 35.6 Å². The fraction of sp³-hybridized carbons (Fsp3) is 0.455. The van der Waals surface area contributed by atoms with Crippen molar-refractivity contribution in [2.45, 2.75) is 25.1 Å². The molecule has 0 aliphatic carbocycles. The fourth-order valence-corrected chi connectivity index (χ4v) is 1.39. The average molecular weight is 245 g/mol. The summed E-state index contributed by atoms with van der Waals surface area (Å²) in [5.41, 5.74) is 1.07. The van der Waals surface area contributed by atoms with Gasteiger partial charge in [-0.15, -0.1) is 0 Å². The molecular weight excluding hydrogens is 231 g/mol. The zero-order valence-corrected chi connectivity index (χ0v) is 9.51. The molecule has 0 spiro atoms. The summed E-state index contributed by atoms with van der Waals surface area (Å²) in [6.45, 7) is 4.27. The molecule has 0 fully saturated rings. The summed E-state index contributed by atoms with van der Waals surface area (Å²) in [6.07, 6.45) is 0.921. The molecule has 72 valence electrons. The lowest BCUT2D eigenvalue weighted by Crippen LogP contribution is -2.09. The molecule has 0 N–H and O–H groups in total. The largest absolute Gasteiger partial charge is 0.207 e. The van der Waals surface area contributed by atoms with Crippen LogP contribution >= 0.6 is 15.9 Å². The Bertz CT molecular complexity index is 271. The first kappa shape index (κ1) is 10.7. The predicted molar refractivity (Wildman–Crippen MR) is 57.7 cm³/mol. The maximum Gasteiger partial charge on any atom is 0.123 e. The lowest BCUT2D eigenvalue weighted by molar-refractivity contribution is 0.574. The van der Waals surface area contributed by atoms with Gasteiger partial charge in [-0.3, -0.25) is 0 Å². The van der Waals surface area contributed by atoms with Gasteiger partial charge in [0.2, 0.25) is 0 Å². The molecule has 1 aromatic carbocycles. The van der Waals surface area contributed by atoms with E-state index in [0.29, 0.717) is 10.7 Å². The van der Waals surface area contributed by atoms with Crippen LogP contribution in [0.1, 0.15) is 19.4 Å². The van der Waals surface area contributed by atoms with E-state index >= 15 is 0 Å². The van der Waals surface area contributed by atoms with E-state index in [4.69, 9.17) is 0 Å². The van der Waals surface area contributed by atoms with E-state index in [2.05, 4.69) is 29.8 Å². The van der Waals surface area contributed by atoms with Gasteiger partial charge in [0, 0.05) is 4.83 Å². The lowest BCUT2D eigenvalue weighted by atomic mass is 9.99. The van der Waals surface area contributed by atoms with E-state index in [1.54, 1.807) is 12.1 Å².